The van der Waals surface area contributed by atoms with Crippen molar-refractivity contribution in [2.75, 3.05) is 0 Å². The molecule has 11 rings (SSSR count). The van der Waals surface area contributed by atoms with Gasteiger partial charge in [-0.05, 0) is 58.3 Å². The summed E-state index contributed by atoms with van der Waals surface area (Å²) in [7, 11) is 0. The minimum atomic E-state index is 1.26. The molecule has 192 valence electrons. The maximum absolute atomic E-state index is 2.49. The Labute approximate surface area is 239 Å². The van der Waals surface area contributed by atoms with Crippen LogP contribution in [-0.4, -0.2) is 8.80 Å². The Morgan fingerprint density at radius 3 is 1.76 bits per heavy atom. The molecule has 11 aromatic rings. The first-order valence-corrected chi connectivity index (χ1v) is 14.6. The molecule has 2 heteroatoms. The van der Waals surface area contributed by atoms with Crippen LogP contribution < -0.4 is 0 Å². The second-order valence-electron chi connectivity index (χ2n) is 11.7. The number of para-hydroxylation sites is 3. The molecule has 4 heterocycles. The Morgan fingerprint density at radius 2 is 0.905 bits per heavy atom. The third kappa shape index (κ3) is 2.36. The molecule has 2 nitrogen and oxygen atoms in total. The van der Waals surface area contributed by atoms with Gasteiger partial charge in [0.25, 0.3) is 0 Å². The highest BCUT2D eigenvalue weighted by Gasteiger charge is 2.21. The molecule has 0 aliphatic carbocycles. The molecule has 0 aliphatic rings. The molecule has 0 aliphatic heterocycles. The molecule has 42 heavy (non-hydrogen) atoms. The predicted octanol–water partition coefficient (Wildman–Crippen LogP) is 10.8. The summed E-state index contributed by atoms with van der Waals surface area (Å²) >= 11 is 0. The van der Waals surface area contributed by atoms with E-state index < -0.39 is 0 Å². The average Bonchev–Trinajstić information content (AvgIpc) is 3.77. The molecule has 7 aromatic carbocycles. The predicted molar refractivity (Wildman–Crippen MR) is 179 cm³/mol. The van der Waals surface area contributed by atoms with E-state index in [4.69, 9.17) is 0 Å². The van der Waals surface area contributed by atoms with Crippen molar-refractivity contribution in [1.82, 2.24) is 8.80 Å². The van der Waals surface area contributed by atoms with Gasteiger partial charge in [0.15, 0.2) is 0 Å². The Balaban J connectivity index is 1.25. The van der Waals surface area contributed by atoms with Gasteiger partial charge in [0.05, 0.1) is 33.1 Å². The van der Waals surface area contributed by atoms with E-state index in [1.807, 2.05) is 0 Å². The number of aromatic nitrogens is 2. The molecule has 0 atom stereocenters. The van der Waals surface area contributed by atoms with Crippen molar-refractivity contribution in [3.05, 3.63) is 133 Å². The van der Waals surface area contributed by atoms with Gasteiger partial charge < -0.3 is 8.80 Å². The van der Waals surface area contributed by atoms with Crippen LogP contribution in [0, 0.1) is 0 Å². The zero-order valence-corrected chi connectivity index (χ0v) is 22.6. The molecule has 0 saturated heterocycles. The van der Waals surface area contributed by atoms with E-state index in [0.29, 0.717) is 0 Å². The smallest absolute Gasteiger partial charge is 0.0620 e. The average molecular weight is 531 g/mol. The number of hydrogen-bond donors (Lipinski definition) is 0. The minimum Gasteiger partial charge on any atom is -0.308 e. The van der Waals surface area contributed by atoms with Crippen LogP contribution in [0.15, 0.2) is 133 Å². The SMILES string of the molecule is c1ccc2cc3c(cc2c1)c1cccc2c4cc(-c5cccc6c5c5cccc7c8ccccc8n6c75)ccc4n3c21. The summed E-state index contributed by atoms with van der Waals surface area (Å²) in [6.07, 6.45) is 0. The monoisotopic (exact) mass is 530 g/mol. The van der Waals surface area contributed by atoms with E-state index in [1.165, 1.54) is 98.1 Å². The number of nitrogens with zero attached hydrogens (tertiary/aromatic N) is 2. The van der Waals surface area contributed by atoms with Crippen LogP contribution in [0.3, 0.4) is 0 Å². The molecule has 0 fully saturated rings. The quantitative estimate of drug-likeness (QED) is 0.200. The number of rotatable bonds is 1. The van der Waals surface area contributed by atoms with Crippen molar-refractivity contribution >= 4 is 87.0 Å². The van der Waals surface area contributed by atoms with Crippen molar-refractivity contribution in [2.24, 2.45) is 0 Å². The van der Waals surface area contributed by atoms with Gasteiger partial charge in [-0.3, -0.25) is 0 Å². The molecule has 0 N–H and O–H groups in total. The van der Waals surface area contributed by atoms with Crippen LogP contribution in [0.4, 0.5) is 0 Å². The summed E-state index contributed by atoms with van der Waals surface area (Å²) in [5.74, 6) is 0. The molecule has 0 saturated carbocycles. The molecule has 0 spiro atoms. The highest BCUT2D eigenvalue weighted by molar-refractivity contribution is 6.27. The van der Waals surface area contributed by atoms with Gasteiger partial charge in [0, 0.05) is 43.1 Å². The fraction of sp³-hybridized carbons (Fsp3) is 0. The largest absolute Gasteiger partial charge is 0.308 e. The number of benzene rings is 7. The van der Waals surface area contributed by atoms with Gasteiger partial charge in [-0.2, -0.15) is 0 Å². The molecule has 0 radical (unpaired) electrons. The van der Waals surface area contributed by atoms with E-state index in [1.54, 1.807) is 0 Å². The van der Waals surface area contributed by atoms with E-state index >= 15 is 0 Å². The third-order valence-electron chi connectivity index (χ3n) is 9.74. The number of fused-ring (bicyclic) bond motifs is 13. The fourth-order valence-corrected chi connectivity index (χ4v) is 8.05. The van der Waals surface area contributed by atoms with Crippen LogP contribution in [-0.2, 0) is 0 Å². The van der Waals surface area contributed by atoms with Crippen LogP contribution in [0.1, 0.15) is 0 Å². The Bertz CT molecular complexity index is 2900. The van der Waals surface area contributed by atoms with Crippen molar-refractivity contribution in [3.8, 4) is 11.1 Å². The lowest BCUT2D eigenvalue weighted by Gasteiger charge is -2.07. The summed E-state index contributed by atoms with van der Waals surface area (Å²) < 4.78 is 4.95. The Hall–Kier alpha value is -5.60. The van der Waals surface area contributed by atoms with E-state index in [2.05, 4.69) is 142 Å². The third-order valence-corrected chi connectivity index (χ3v) is 9.74. The van der Waals surface area contributed by atoms with E-state index in [-0.39, 0.29) is 0 Å². The molecule has 0 unspecified atom stereocenters. The lowest BCUT2D eigenvalue weighted by Crippen LogP contribution is -1.84. The maximum Gasteiger partial charge on any atom is 0.0620 e. The lowest BCUT2D eigenvalue weighted by molar-refractivity contribution is 1.37. The zero-order valence-electron chi connectivity index (χ0n) is 22.6. The Morgan fingerprint density at radius 1 is 0.333 bits per heavy atom. The summed E-state index contributed by atoms with van der Waals surface area (Å²) in [6, 6.07) is 49.6. The van der Waals surface area contributed by atoms with Gasteiger partial charge in [-0.25, -0.2) is 0 Å². The van der Waals surface area contributed by atoms with Gasteiger partial charge >= 0.3 is 0 Å². The molecular formula is C40H22N2. The van der Waals surface area contributed by atoms with Gasteiger partial charge in [0.1, 0.15) is 0 Å². The molecular weight excluding hydrogens is 508 g/mol. The fourth-order valence-electron chi connectivity index (χ4n) is 8.05. The van der Waals surface area contributed by atoms with Crippen molar-refractivity contribution in [3.63, 3.8) is 0 Å². The first-order chi connectivity index (χ1) is 20.8. The molecule has 0 bridgehead atoms. The maximum atomic E-state index is 2.49. The van der Waals surface area contributed by atoms with Crippen molar-refractivity contribution in [2.45, 2.75) is 0 Å². The molecule has 0 amide bonds. The lowest BCUT2D eigenvalue weighted by atomic mass is 9.97. The zero-order chi connectivity index (χ0) is 27.1. The van der Waals surface area contributed by atoms with Crippen LogP contribution >= 0.6 is 0 Å². The summed E-state index contributed by atoms with van der Waals surface area (Å²) in [4.78, 5) is 0. The highest BCUT2D eigenvalue weighted by Crippen LogP contribution is 2.45. The second-order valence-corrected chi connectivity index (χ2v) is 11.7. The Kier molecular flexibility index (Phi) is 3.62. The summed E-state index contributed by atoms with van der Waals surface area (Å²) in [5, 5.41) is 13.1. The van der Waals surface area contributed by atoms with Crippen molar-refractivity contribution in [1.29, 1.82) is 0 Å². The summed E-state index contributed by atoms with van der Waals surface area (Å²) in [6.45, 7) is 0. The van der Waals surface area contributed by atoms with Gasteiger partial charge in [-0.15, -0.1) is 0 Å². The van der Waals surface area contributed by atoms with E-state index in [0.717, 1.165) is 0 Å². The first kappa shape index (κ1) is 21.2. The van der Waals surface area contributed by atoms with Gasteiger partial charge in [0.2, 0.25) is 0 Å². The van der Waals surface area contributed by atoms with Crippen LogP contribution in [0.5, 0.6) is 0 Å². The summed E-state index contributed by atoms with van der Waals surface area (Å²) in [5.41, 5.74) is 10.3. The minimum absolute atomic E-state index is 1.26. The van der Waals surface area contributed by atoms with Gasteiger partial charge in [-0.1, -0.05) is 97.1 Å². The highest BCUT2D eigenvalue weighted by atomic mass is 14.9. The normalized spacial score (nSPS) is 12.8. The van der Waals surface area contributed by atoms with E-state index in [9.17, 15) is 0 Å². The topological polar surface area (TPSA) is 8.82 Å². The molecule has 4 aromatic heterocycles. The first-order valence-electron chi connectivity index (χ1n) is 14.6. The van der Waals surface area contributed by atoms with Crippen LogP contribution in [0.2, 0.25) is 0 Å². The standard InChI is InChI=1S/C40H22N2/c1-2-9-24-22-37-33(20-23(24)8-1)30-14-5-13-29-32-21-25(18-19-35(32)42(37)39(29)30)26-11-7-17-36-38(26)31-15-6-12-28-27-10-3-4-16-34(27)41(36)40(28)31/h1-22H. The van der Waals surface area contributed by atoms with Crippen LogP contribution in [0.25, 0.3) is 98.1 Å². The van der Waals surface area contributed by atoms with Crippen molar-refractivity contribution < 1.29 is 0 Å². The second kappa shape index (κ2) is 7.18. The number of hydrogen-bond acceptors (Lipinski definition) is 0.